The first kappa shape index (κ1) is 22.5. The van der Waals surface area contributed by atoms with Crippen LogP contribution in [-0.2, 0) is 4.79 Å². The van der Waals surface area contributed by atoms with Gasteiger partial charge in [-0.3, -0.25) is 9.59 Å². The van der Waals surface area contributed by atoms with E-state index in [2.05, 4.69) is 15.1 Å². The molecule has 3 aromatic rings. The predicted octanol–water partition coefficient (Wildman–Crippen LogP) is 3.33. The van der Waals surface area contributed by atoms with Gasteiger partial charge in [0, 0.05) is 37.8 Å². The Morgan fingerprint density at radius 3 is 2.36 bits per heavy atom. The maximum absolute atomic E-state index is 13.0. The Morgan fingerprint density at radius 2 is 1.76 bits per heavy atom. The fraction of sp³-hybridized carbons (Fsp3) is 0.360. The molecule has 1 unspecified atom stereocenters. The third-order valence-electron chi connectivity index (χ3n) is 6.10. The molecule has 8 nitrogen and oxygen atoms in total. The van der Waals surface area contributed by atoms with E-state index in [1.54, 1.807) is 17.0 Å². The van der Waals surface area contributed by atoms with Crippen molar-refractivity contribution in [2.75, 3.05) is 37.6 Å². The zero-order valence-electron chi connectivity index (χ0n) is 19.1. The van der Waals surface area contributed by atoms with E-state index in [-0.39, 0.29) is 30.2 Å². The van der Waals surface area contributed by atoms with Crippen LogP contribution in [0.25, 0.3) is 11.3 Å². The number of hydrogen-bond donors (Lipinski definition) is 0. The average Bonchev–Trinajstić information content (AvgIpc) is 3.42. The lowest BCUT2D eigenvalue weighted by molar-refractivity contribution is -0.132. The van der Waals surface area contributed by atoms with Gasteiger partial charge in [0.05, 0.1) is 12.0 Å². The summed E-state index contributed by atoms with van der Waals surface area (Å²) in [4.78, 5) is 31.4. The fourth-order valence-electron chi connectivity index (χ4n) is 3.88. The molecule has 2 aromatic heterocycles. The number of benzene rings is 1. The number of furan rings is 1. The molecule has 0 bridgehead atoms. The summed E-state index contributed by atoms with van der Waals surface area (Å²) in [7, 11) is 0. The zero-order valence-corrected chi connectivity index (χ0v) is 19.1. The van der Waals surface area contributed by atoms with Crippen LogP contribution in [0.4, 0.5) is 5.82 Å². The van der Waals surface area contributed by atoms with Gasteiger partial charge in [0.2, 0.25) is 5.91 Å². The summed E-state index contributed by atoms with van der Waals surface area (Å²) in [5.41, 5.74) is 1.86. The predicted molar refractivity (Wildman–Crippen MR) is 126 cm³/mol. The van der Waals surface area contributed by atoms with E-state index in [1.807, 2.05) is 61.2 Å². The van der Waals surface area contributed by atoms with Gasteiger partial charge >= 0.3 is 0 Å². The van der Waals surface area contributed by atoms with Gasteiger partial charge in [-0.05, 0) is 37.6 Å². The number of rotatable bonds is 7. The molecule has 0 spiro atoms. The minimum atomic E-state index is -0.255. The Bertz CT molecular complexity index is 1050. The monoisotopic (exact) mass is 447 g/mol. The average molecular weight is 448 g/mol. The van der Waals surface area contributed by atoms with Crippen LogP contribution >= 0.6 is 0 Å². The lowest BCUT2D eigenvalue weighted by Crippen LogP contribution is -2.53. The van der Waals surface area contributed by atoms with E-state index in [1.165, 1.54) is 6.26 Å². The van der Waals surface area contributed by atoms with Crippen molar-refractivity contribution < 1.29 is 14.0 Å². The zero-order chi connectivity index (χ0) is 23.2. The van der Waals surface area contributed by atoms with E-state index in [0.29, 0.717) is 26.2 Å². The number of carbonyl (C=O) groups is 2. The van der Waals surface area contributed by atoms with Crippen molar-refractivity contribution in [1.29, 1.82) is 0 Å². The first-order valence-corrected chi connectivity index (χ1v) is 11.3. The molecular formula is C25H29N5O3. The third kappa shape index (κ3) is 5.22. The molecule has 1 aliphatic rings. The summed E-state index contributed by atoms with van der Waals surface area (Å²) in [6.45, 7) is 6.47. The highest BCUT2D eigenvalue weighted by Crippen LogP contribution is 2.19. The lowest BCUT2D eigenvalue weighted by atomic mass is 10.1. The first-order chi connectivity index (χ1) is 16.1. The lowest BCUT2D eigenvalue weighted by Gasteiger charge is -2.37. The van der Waals surface area contributed by atoms with Gasteiger partial charge in [-0.25, -0.2) is 0 Å². The number of amides is 2. The molecule has 8 heteroatoms. The van der Waals surface area contributed by atoms with Crippen LogP contribution in [0.2, 0.25) is 0 Å². The van der Waals surface area contributed by atoms with Gasteiger partial charge in [-0.2, -0.15) is 0 Å². The standard InChI is InChI=1S/C25H29N5O3/c1-3-19(2)30(25(32)22-10-7-17-33-22)18-24(31)29-15-13-28(14-16-29)23-12-11-21(26-27-23)20-8-5-4-6-9-20/h4-12,17,19H,3,13-16,18H2,1-2H3. The minimum absolute atomic E-state index is 0.0418. The van der Waals surface area contributed by atoms with Crippen molar-refractivity contribution in [2.24, 2.45) is 0 Å². The molecule has 1 fully saturated rings. The molecule has 172 valence electrons. The third-order valence-corrected chi connectivity index (χ3v) is 6.10. The molecule has 1 atom stereocenters. The van der Waals surface area contributed by atoms with Crippen LogP contribution in [0.3, 0.4) is 0 Å². The van der Waals surface area contributed by atoms with Crippen LogP contribution in [0.15, 0.2) is 65.3 Å². The summed E-state index contributed by atoms with van der Waals surface area (Å²) in [6.07, 6.45) is 2.23. The molecule has 2 amide bonds. The topological polar surface area (TPSA) is 82.8 Å². The van der Waals surface area contributed by atoms with Gasteiger partial charge in [0.1, 0.15) is 6.54 Å². The quantitative estimate of drug-likeness (QED) is 0.553. The Labute approximate surface area is 193 Å². The maximum atomic E-state index is 13.0. The molecule has 0 N–H and O–H groups in total. The highest BCUT2D eigenvalue weighted by atomic mass is 16.3. The SMILES string of the molecule is CCC(C)N(CC(=O)N1CCN(c2ccc(-c3ccccc3)nn2)CC1)C(=O)c1ccco1. The number of hydrogen-bond acceptors (Lipinski definition) is 6. The van der Waals surface area contributed by atoms with Gasteiger partial charge in [-0.15, -0.1) is 10.2 Å². The Kier molecular flexibility index (Phi) is 7.02. The van der Waals surface area contributed by atoms with Gasteiger partial charge in [0.25, 0.3) is 5.91 Å². The van der Waals surface area contributed by atoms with Crippen molar-refractivity contribution in [3.63, 3.8) is 0 Å². The second-order valence-corrected chi connectivity index (χ2v) is 8.18. The number of piperazine rings is 1. The van der Waals surface area contributed by atoms with Crippen molar-refractivity contribution in [1.82, 2.24) is 20.0 Å². The summed E-state index contributed by atoms with van der Waals surface area (Å²) >= 11 is 0. The Balaban J connectivity index is 1.35. The first-order valence-electron chi connectivity index (χ1n) is 11.3. The van der Waals surface area contributed by atoms with E-state index >= 15 is 0 Å². The molecule has 33 heavy (non-hydrogen) atoms. The smallest absolute Gasteiger partial charge is 0.290 e. The van der Waals surface area contributed by atoms with Crippen molar-refractivity contribution in [3.05, 3.63) is 66.6 Å². The van der Waals surface area contributed by atoms with Crippen molar-refractivity contribution >= 4 is 17.6 Å². The number of anilines is 1. The molecule has 0 saturated carbocycles. The minimum Gasteiger partial charge on any atom is -0.459 e. The van der Waals surface area contributed by atoms with Gasteiger partial charge < -0.3 is 19.1 Å². The highest BCUT2D eigenvalue weighted by molar-refractivity contribution is 5.94. The second kappa shape index (κ2) is 10.3. The highest BCUT2D eigenvalue weighted by Gasteiger charge is 2.29. The molecular weight excluding hydrogens is 418 g/mol. The summed E-state index contributed by atoms with van der Waals surface area (Å²) < 4.78 is 5.26. The normalized spacial score (nSPS) is 14.7. The number of nitrogens with zero attached hydrogens (tertiary/aromatic N) is 5. The van der Waals surface area contributed by atoms with E-state index in [4.69, 9.17) is 4.42 Å². The summed E-state index contributed by atoms with van der Waals surface area (Å²) in [5, 5.41) is 8.76. The molecule has 1 aliphatic heterocycles. The summed E-state index contributed by atoms with van der Waals surface area (Å²) in [5.74, 6) is 0.747. The molecule has 1 saturated heterocycles. The van der Waals surface area contributed by atoms with Crippen molar-refractivity contribution in [3.8, 4) is 11.3 Å². The molecule has 3 heterocycles. The van der Waals surface area contributed by atoms with E-state index in [0.717, 1.165) is 23.5 Å². The van der Waals surface area contributed by atoms with Crippen LogP contribution in [0.1, 0.15) is 30.8 Å². The van der Waals surface area contributed by atoms with Crippen LogP contribution < -0.4 is 4.90 Å². The fourth-order valence-corrected chi connectivity index (χ4v) is 3.88. The maximum Gasteiger partial charge on any atom is 0.290 e. The molecule has 4 rings (SSSR count). The van der Waals surface area contributed by atoms with Gasteiger partial charge in [0.15, 0.2) is 11.6 Å². The number of carbonyl (C=O) groups excluding carboxylic acids is 2. The molecule has 0 aliphatic carbocycles. The van der Waals surface area contributed by atoms with E-state index in [9.17, 15) is 9.59 Å². The van der Waals surface area contributed by atoms with Gasteiger partial charge in [-0.1, -0.05) is 37.3 Å². The van der Waals surface area contributed by atoms with Crippen LogP contribution in [0.5, 0.6) is 0 Å². The van der Waals surface area contributed by atoms with Crippen LogP contribution in [0, 0.1) is 0 Å². The Morgan fingerprint density at radius 1 is 1.00 bits per heavy atom. The largest absolute Gasteiger partial charge is 0.459 e. The Hall–Kier alpha value is -3.68. The summed E-state index contributed by atoms with van der Waals surface area (Å²) in [6, 6.07) is 17.1. The second-order valence-electron chi connectivity index (χ2n) is 8.18. The molecule has 1 aromatic carbocycles. The number of aromatic nitrogens is 2. The molecule has 0 radical (unpaired) electrons. The van der Waals surface area contributed by atoms with Crippen molar-refractivity contribution in [2.45, 2.75) is 26.3 Å². The van der Waals surface area contributed by atoms with E-state index < -0.39 is 0 Å². The van der Waals surface area contributed by atoms with Crippen LogP contribution in [-0.4, -0.2) is 70.6 Å².